The summed E-state index contributed by atoms with van der Waals surface area (Å²) < 4.78 is 0. The minimum Gasteiger partial charge on any atom is -0.323 e. The smallest absolute Gasteiger partial charge is 0.0451 e. The van der Waals surface area contributed by atoms with Crippen molar-refractivity contribution in [2.24, 2.45) is 5.73 Å². The summed E-state index contributed by atoms with van der Waals surface area (Å²) in [5, 5.41) is 0. The number of hydrogen-bond donors (Lipinski definition) is 1. The Balaban J connectivity index is 2.13. The van der Waals surface area contributed by atoms with Crippen LogP contribution in [0.15, 0.2) is 30.5 Å². The van der Waals surface area contributed by atoms with E-state index in [0.717, 1.165) is 12.1 Å². The fourth-order valence-electron chi connectivity index (χ4n) is 1.69. The molecule has 0 radical (unpaired) electrons. The van der Waals surface area contributed by atoms with Crippen LogP contribution in [0.5, 0.6) is 0 Å². The normalized spacial score (nSPS) is 12.7. The average Bonchev–Trinajstić information content (AvgIpc) is 2.68. The molecule has 0 aliphatic rings. The van der Waals surface area contributed by atoms with Gasteiger partial charge in [-0.05, 0) is 37.6 Å². The molecule has 2 N–H and O–H groups in total. The quantitative estimate of drug-likeness (QED) is 0.883. The summed E-state index contributed by atoms with van der Waals surface area (Å²) in [6, 6.07) is 8.33. The van der Waals surface area contributed by atoms with Crippen molar-refractivity contribution in [3.63, 3.8) is 0 Å². The predicted octanol–water partition coefficient (Wildman–Crippen LogP) is 3.00. The molecule has 2 nitrogen and oxygen atoms in total. The zero-order valence-corrected chi connectivity index (χ0v) is 10.4. The van der Waals surface area contributed by atoms with Crippen LogP contribution in [0.2, 0.25) is 0 Å². The second kappa shape index (κ2) is 4.76. The fraction of sp³-hybridized carbons (Fsp3) is 0.308. The van der Waals surface area contributed by atoms with Gasteiger partial charge >= 0.3 is 0 Å². The largest absolute Gasteiger partial charge is 0.323 e. The monoisotopic (exact) mass is 232 g/mol. The van der Waals surface area contributed by atoms with Crippen LogP contribution >= 0.6 is 11.3 Å². The van der Waals surface area contributed by atoms with Crippen molar-refractivity contribution < 1.29 is 0 Å². The van der Waals surface area contributed by atoms with Crippen molar-refractivity contribution in [1.82, 2.24) is 4.98 Å². The molecular weight excluding hydrogens is 216 g/mol. The third-order valence-corrected chi connectivity index (χ3v) is 3.79. The Kier molecular flexibility index (Phi) is 3.36. The first-order valence-electron chi connectivity index (χ1n) is 5.39. The van der Waals surface area contributed by atoms with Crippen LogP contribution < -0.4 is 5.73 Å². The second-order valence-corrected chi connectivity index (χ2v) is 5.35. The van der Waals surface area contributed by atoms with E-state index < -0.39 is 0 Å². The Hall–Kier alpha value is -1.19. The van der Waals surface area contributed by atoms with Crippen molar-refractivity contribution in [2.75, 3.05) is 0 Å². The number of thiophene rings is 1. The minimum absolute atomic E-state index is 0.0623. The summed E-state index contributed by atoms with van der Waals surface area (Å²) >= 11 is 1.77. The molecule has 2 aromatic rings. The minimum atomic E-state index is 0.0623. The molecule has 0 fully saturated rings. The van der Waals surface area contributed by atoms with Crippen LogP contribution in [0, 0.1) is 13.8 Å². The first kappa shape index (κ1) is 11.3. The average molecular weight is 232 g/mol. The van der Waals surface area contributed by atoms with Gasteiger partial charge in [0, 0.05) is 34.1 Å². The second-order valence-electron chi connectivity index (χ2n) is 4.03. The predicted molar refractivity (Wildman–Crippen MR) is 68.7 cm³/mol. The van der Waals surface area contributed by atoms with E-state index in [4.69, 9.17) is 5.73 Å². The van der Waals surface area contributed by atoms with Crippen molar-refractivity contribution >= 4 is 11.3 Å². The number of aryl methyl sites for hydroxylation is 2. The topological polar surface area (TPSA) is 38.9 Å². The lowest BCUT2D eigenvalue weighted by atomic mass is 10.1. The molecule has 0 aromatic carbocycles. The van der Waals surface area contributed by atoms with E-state index in [-0.39, 0.29) is 6.04 Å². The van der Waals surface area contributed by atoms with Crippen LogP contribution in [-0.2, 0) is 6.42 Å². The number of nitrogens with two attached hydrogens (primary N) is 1. The summed E-state index contributed by atoms with van der Waals surface area (Å²) in [7, 11) is 0. The number of nitrogens with zero attached hydrogens (tertiary/aromatic N) is 1. The lowest BCUT2D eigenvalue weighted by Crippen LogP contribution is -2.13. The third-order valence-electron chi connectivity index (χ3n) is 2.66. The lowest BCUT2D eigenvalue weighted by Gasteiger charge is -2.10. The Labute approximate surface area is 100 Å². The fourth-order valence-corrected chi connectivity index (χ4v) is 2.57. The van der Waals surface area contributed by atoms with Gasteiger partial charge in [0.2, 0.25) is 0 Å². The van der Waals surface area contributed by atoms with E-state index in [1.54, 1.807) is 11.3 Å². The van der Waals surface area contributed by atoms with E-state index in [2.05, 4.69) is 37.0 Å². The molecule has 0 spiro atoms. The highest BCUT2D eigenvalue weighted by atomic mass is 32.1. The molecule has 2 aromatic heterocycles. The van der Waals surface area contributed by atoms with Crippen molar-refractivity contribution in [3.8, 4) is 0 Å². The summed E-state index contributed by atoms with van der Waals surface area (Å²) in [5.74, 6) is 0. The van der Waals surface area contributed by atoms with Gasteiger partial charge in [0.05, 0.1) is 0 Å². The number of rotatable bonds is 3. The van der Waals surface area contributed by atoms with Crippen LogP contribution in [0.4, 0.5) is 0 Å². The highest BCUT2D eigenvalue weighted by Gasteiger charge is 2.11. The molecule has 0 aliphatic heterocycles. The molecule has 0 bridgehead atoms. The highest BCUT2D eigenvalue weighted by molar-refractivity contribution is 7.12. The summed E-state index contributed by atoms with van der Waals surface area (Å²) in [4.78, 5) is 6.92. The van der Waals surface area contributed by atoms with Gasteiger partial charge in [0.15, 0.2) is 0 Å². The standard InChI is InChI=1S/C13H16N2S/c1-9-4-3-7-15-12(9)8-11(14)13-6-5-10(2)16-13/h3-7,11H,8,14H2,1-2H3. The van der Waals surface area contributed by atoms with Crippen LogP contribution in [-0.4, -0.2) is 4.98 Å². The number of hydrogen-bond acceptors (Lipinski definition) is 3. The third kappa shape index (κ3) is 2.49. The SMILES string of the molecule is Cc1ccc(C(N)Cc2ncccc2C)s1. The maximum absolute atomic E-state index is 6.18. The molecule has 84 valence electrons. The van der Waals surface area contributed by atoms with Gasteiger partial charge in [-0.2, -0.15) is 0 Å². The molecule has 1 atom stereocenters. The number of aromatic nitrogens is 1. The van der Waals surface area contributed by atoms with E-state index in [9.17, 15) is 0 Å². The van der Waals surface area contributed by atoms with Crippen molar-refractivity contribution in [2.45, 2.75) is 26.3 Å². The Bertz CT molecular complexity index is 476. The number of pyridine rings is 1. The highest BCUT2D eigenvalue weighted by Crippen LogP contribution is 2.23. The Morgan fingerprint density at radius 3 is 2.75 bits per heavy atom. The van der Waals surface area contributed by atoms with Crippen LogP contribution in [0.25, 0.3) is 0 Å². The Morgan fingerprint density at radius 1 is 1.31 bits per heavy atom. The zero-order valence-electron chi connectivity index (χ0n) is 9.60. The van der Waals surface area contributed by atoms with Crippen LogP contribution in [0.3, 0.4) is 0 Å². The van der Waals surface area contributed by atoms with Gasteiger partial charge in [0.1, 0.15) is 0 Å². The van der Waals surface area contributed by atoms with Gasteiger partial charge in [0.25, 0.3) is 0 Å². The van der Waals surface area contributed by atoms with Gasteiger partial charge in [-0.1, -0.05) is 6.07 Å². The van der Waals surface area contributed by atoms with Gasteiger partial charge < -0.3 is 5.73 Å². The van der Waals surface area contributed by atoms with Crippen LogP contribution in [0.1, 0.15) is 27.1 Å². The summed E-state index contributed by atoms with van der Waals surface area (Å²) in [6.45, 7) is 4.18. The molecule has 3 heteroatoms. The lowest BCUT2D eigenvalue weighted by molar-refractivity contribution is 0.715. The summed E-state index contributed by atoms with van der Waals surface area (Å²) in [6.07, 6.45) is 2.64. The first-order chi connectivity index (χ1) is 7.66. The zero-order chi connectivity index (χ0) is 11.5. The molecule has 1 unspecified atom stereocenters. The van der Waals surface area contributed by atoms with E-state index in [0.29, 0.717) is 0 Å². The van der Waals surface area contributed by atoms with Crippen molar-refractivity contribution in [1.29, 1.82) is 0 Å². The Morgan fingerprint density at radius 2 is 2.12 bits per heavy atom. The molecule has 0 saturated heterocycles. The molecule has 16 heavy (non-hydrogen) atoms. The van der Waals surface area contributed by atoms with Gasteiger partial charge in [-0.3, -0.25) is 4.98 Å². The summed E-state index contributed by atoms with van der Waals surface area (Å²) in [5.41, 5.74) is 8.49. The molecule has 0 aliphatic carbocycles. The first-order valence-corrected chi connectivity index (χ1v) is 6.21. The van der Waals surface area contributed by atoms with E-state index in [1.807, 2.05) is 12.3 Å². The molecule has 2 heterocycles. The van der Waals surface area contributed by atoms with Gasteiger partial charge in [-0.15, -0.1) is 11.3 Å². The van der Waals surface area contributed by atoms with E-state index >= 15 is 0 Å². The van der Waals surface area contributed by atoms with E-state index in [1.165, 1.54) is 15.3 Å². The van der Waals surface area contributed by atoms with Crippen molar-refractivity contribution in [3.05, 3.63) is 51.5 Å². The molecular formula is C13H16N2S. The maximum Gasteiger partial charge on any atom is 0.0451 e. The molecule has 2 rings (SSSR count). The molecule has 0 amide bonds. The molecule has 0 saturated carbocycles. The van der Waals surface area contributed by atoms with Gasteiger partial charge in [-0.25, -0.2) is 0 Å². The maximum atomic E-state index is 6.18.